The summed E-state index contributed by atoms with van der Waals surface area (Å²) < 4.78 is 3.42. The van der Waals surface area contributed by atoms with Crippen LogP contribution in [0.5, 0.6) is 0 Å². The lowest BCUT2D eigenvalue weighted by Gasteiger charge is -2.21. The molecule has 2 atom stereocenters. The molecule has 2 aliphatic rings. The van der Waals surface area contributed by atoms with E-state index in [9.17, 15) is 0 Å². The summed E-state index contributed by atoms with van der Waals surface area (Å²) in [7, 11) is 2.06. The Kier molecular flexibility index (Phi) is 6.25. The largest absolute Gasteiger partial charge is 0.305 e. The van der Waals surface area contributed by atoms with Gasteiger partial charge in [0.1, 0.15) is 0 Å². The summed E-state index contributed by atoms with van der Waals surface area (Å²) in [4.78, 5) is 7.38. The summed E-state index contributed by atoms with van der Waals surface area (Å²) in [6.07, 6.45) is 2.51. The van der Waals surface area contributed by atoms with Crippen molar-refractivity contribution in [1.82, 2.24) is 24.6 Å². The van der Waals surface area contributed by atoms with Crippen LogP contribution in [0, 0.1) is 12.8 Å². The van der Waals surface area contributed by atoms with E-state index in [0.717, 1.165) is 39.8 Å². The molecule has 5 nitrogen and oxygen atoms in total. The average Bonchev–Trinajstić information content (AvgIpc) is 3.07. The summed E-state index contributed by atoms with van der Waals surface area (Å²) in [5, 5.41) is 11.0. The Bertz CT molecular complexity index is 1270. The third-order valence-corrected chi connectivity index (χ3v) is 9.06. The van der Waals surface area contributed by atoms with Crippen LogP contribution < -0.4 is 0 Å². The van der Waals surface area contributed by atoms with Crippen molar-refractivity contribution < 1.29 is 0 Å². The van der Waals surface area contributed by atoms with E-state index in [0.29, 0.717) is 5.41 Å². The second kappa shape index (κ2) is 9.02. The molecule has 1 unspecified atom stereocenters. The lowest BCUT2D eigenvalue weighted by molar-refractivity contribution is 0.299. The minimum Gasteiger partial charge on any atom is -0.305 e. The first kappa shape index (κ1) is 22.8. The van der Waals surface area contributed by atoms with Gasteiger partial charge >= 0.3 is 0 Å². The molecular weight excluding hydrogens is 470 g/mol. The van der Waals surface area contributed by atoms with Crippen LogP contribution in [0.4, 0.5) is 0 Å². The fourth-order valence-corrected chi connectivity index (χ4v) is 6.93. The van der Waals surface area contributed by atoms with Gasteiger partial charge in [-0.2, -0.15) is 0 Å². The number of aryl methyl sites for hydroxylation is 1. The fourth-order valence-electron chi connectivity index (χ4n) is 5.29. The molecule has 1 aliphatic carbocycles. The molecule has 1 aliphatic heterocycles. The zero-order valence-electron chi connectivity index (χ0n) is 18.9. The molecule has 33 heavy (non-hydrogen) atoms. The zero-order chi connectivity index (χ0) is 21.7. The number of piperidine rings is 1. The van der Waals surface area contributed by atoms with Gasteiger partial charge in [0.25, 0.3) is 0 Å². The number of hydrogen-bond donors (Lipinski definition) is 0. The summed E-state index contributed by atoms with van der Waals surface area (Å²) in [5.74, 6) is 2.82. The predicted molar refractivity (Wildman–Crippen MR) is 140 cm³/mol. The van der Waals surface area contributed by atoms with Crippen LogP contribution >= 0.6 is 35.5 Å². The highest BCUT2D eigenvalue weighted by atomic mass is 35.5. The van der Waals surface area contributed by atoms with Crippen LogP contribution in [0.2, 0.25) is 0 Å². The number of likely N-dealkylation sites (tertiary alicyclic amines) is 1. The molecule has 3 heterocycles. The monoisotopic (exact) mass is 497 g/mol. The molecule has 0 bridgehead atoms. The molecule has 1 saturated heterocycles. The van der Waals surface area contributed by atoms with E-state index in [2.05, 4.69) is 64.0 Å². The maximum absolute atomic E-state index is 4.72. The Balaban J connectivity index is 0.00000228. The Morgan fingerprint density at radius 2 is 2.00 bits per heavy atom. The van der Waals surface area contributed by atoms with Crippen molar-refractivity contribution in [2.45, 2.75) is 30.3 Å². The van der Waals surface area contributed by atoms with E-state index in [1.54, 1.807) is 11.3 Å². The standard InChI is InChI=1S/C25H27N5S2.ClH/c1-17-26-21-13-19(9-10-22(21)32-17)25-14-20(25)15-30(16-25)11-6-12-31-24-28-27-23(29(24)2)18-7-4-3-5-8-18;/h3-5,7-10,13,20H,6,11-12,14-16H2,1-2H3;1H/t20-,25?;/m1./s1. The quantitative estimate of drug-likeness (QED) is 0.246. The molecule has 0 radical (unpaired) electrons. The van der Waals surface area contributed by atoms with E-state index < -0.39 is 0 Å². The van der Waals surface area contributed by atoms with Crippen molar-refractivity contribution in [3.05, 3.63) is 59.1 Å². The van der Waals surface area contributed by atoms with Crippen LogP contribution in [-0.4, -0.2) is 50.0 Å². The number of rotatable bonds is 7. The highest BCUT2D eigenvalue weighted by Crippen LogP contribution is 2.59. The highest BCUT2D eigenvalue weighted by molar-refractivity contribution is 7.99. The molecule has 0 amide bonds. The summed E-state index contributed by atoms with van der Waals surface area (Å²) in [6.45, 7) is 5.69. The molecule has 0 N–H and O–H groups in total. The highest BCUT2D eigenvalue weighted by Gasteiger charge is 2.60. The number of fused-ring (bicyclic) bond motifs is 2. The van der Waals surface area contributed by atoms with Crippen molar-refractivity contribution in [1.29, 1.82) is 0 Å². The van der Waals surface area contributed by atoms with Crippen molar-refractivity contribution >= 4 is 45.7 Å². The van der Waals surface area contributed by atoms with Gasteiger partial charge < -0.3 is 9.47 Å². The summed E-state index contributed by atoms with van der Waals surface area (Å²) in [6, 6.07) is 17.3. The predicted octanol–water partition coefficient (Wildman–Crippen LogP) is 5.58. The molecule has 8 heteroatoms. The minimum absolute atomic E-state index is 0. The SMILES string of the molecule is Cc1nc2cc(C34C[C@@H]3CN(CCCSc3nnc(-c5ccccc5)n3C)C4)ccc2s1.Cl. The number of nitrogens with zero attached hydrogens (tertiary/aromatic N) is 5. The number of aromatic nitrogens is 4. The maximum atomic E-state index is 4.72. The summed E-state index contributed by atoms with van der Waals surface area (Å²) >= 11 is 3.61. The summed E-state index contributed by atoms with van der Waals surface area (Å²) in [5.41, 5.74) is 4.18. The molecule has 1 saturated carbocycles. The van der Waals surface area contributed by atoms with Crippen molar-refractivity contribution in [3.63, 3.8) is 0 Å². The molecule has 6 rings (SSSR count). The number of halogens is 1. The van der Waals surface area contributed by atoms with Gasteiger partial charge in [0.15, 0.2) is 11.0 Å². The average molecular weight is 498 g/mol. The smallest absolute Gasteiger partial charge is 0.191 e. The topological polar surface area (TPSA) is 46.8 Å². The van der Waals surface area contributed by atoms with Crippen molar-refractivity contribution in [2.75, 3.05) is 25.4 Å². The van der Waals surface area contributed by atoms with Crippen molar-refractivity contribution in [3.8, 4) is 11.4 Å². The number of hydrogen-bond acceptors (Lipinski definition) is 6. The van der Waals surface area contributed by atoms with Crippen LogP contribution in [0.3, 0.4) is 0 Å². The molecule has 4 aromatic rings. The minimum atomic E-state index is 0. The lowest BCUT2D eigenvalue weighted by Crippen LogP contribution is -2.27. The Hall–Kier alpha value is -1.93. The van der Waals surface area contributed by atoms with Gasteiger partial charge in [-0.3, -0.25) is 0 Å². The van der Waals surface area contributed by atoms with Crippen LogP contribution in [0.1, 0.15) is 23.4 Å². The second-order valence-electron chi connectivity index (χ2n) is 9.14. The molecule has 0 spiro atoms. The Labute approximate surface area is 209 Å². The second-order valence-corrected chi connectivity index (χ2v) is 11.4. The molecule has 2 aromatic carbocycles. The first-order valence-electron chi connectivity index (χ1n) is 11.3. The maximum Gasteiger partial charge on any atom is 0.191 e. The lowest BCUT2D eigenvalue weighted by atomic mass is 9.95. The van der Waals surface area contributed by atoms with E-state index in [-0.39, 0.29) is 12.4 Å². The van der Waals surface area contributed by atoms with E-state index in [1.165, 1.54) is 41.7 Å². The van der Waals surface area contributed by atoms with Gasteiger partial charge in [-0.05, 0) is 49.9 Å². The van der Waals surface area contributed by atoms with Gasteiger partial charge in [0.2, 0.25) is 0 Å². The molecule has 172 valence electrons. The first-order valence-corrected chi connectivity index (χ1v) is 13.1. The van der Waals surface area contributed by atoms with Crippen LogP contribution in [0.15, 0.2) is 53.7 Å². The van der Waals surface area contributed by atoms with Gasteiger partial charge in [-0.1, -0.05) is 48.2 Å². The third-order valence-electron chi connectivity index (χ3n) is 7.00. The number of thioether (sulfide) groups is 1. The Morgan fingerprint density at radius 1 is 1.15 bits per heavy atom. The van der Waals surface area contributed by atoms with Gasteiger partial charge in [-0.15, -0.1) is 33.9 Å². The fraction of sp³-hybridized carbons (Fsp3) is 0.400. The van der Waals surface area contributed by atoms with E-state index >= 15 is 0 Å². The van der Waals surface area contributed by atoms with E-state index in [1.807, 2.05) is 30.0 Å². The number of thiazole rings is 1. The molecule has 2 aromatic heterocycles. The van der Waals surface area contributed by atoms with Gasteiger partial charge in [-0.25, -0.2) is 4.98 Å². The molecular formula is C25H28ClN5S2. The zero-order valence-corrected chi connectivity index (χ0v) is 21.3. The normalized spacial score (nSPS) is 21.8. The first-order chi connectivity index (χ1) is 15.6. The van der Waals surface area contributed by atoms with Crippen LogP contribution in [-0.2, 0) is 12.5 Å². The van der Waals surface area contributed by atoms with Crippen LogP contribution in [0.25, 0.3) is 21.6 Å². The van der Waals surface area contributed by atoms with Gasteiger partial charge in [0.05, 0.1) is 15.2 Å². The van der Waals surface area contributed by atoms with Gasteiger partial charge in [0, 0.05) is 36.9 Å². The Morgan fingerprint density at radius 3 is 2.85 bits per heavy atom. The molecule has 2 fully saturated rings. The third kappa shape index (κ3) is 4.20. The number of benzene rings is 2. The van der Waals surface area contributed by atoms with E-state index in [4.69, 9.17) is 4.98 Å². The van der Waals surface area contributed by atoms with Crippen molar-refractivity contribution in [2.24, 2.45) is 13.0 Å².